The van der Waals surface area contributed by atoms with Crippen molar-refractivity contribution in [1.29, 1.82) is 0 Å². The molecule has 1 aromatic carbocycles. The summed E-state index contributed by atoms with van der Waals surface area (Å²) in [4.78, 5) is 24.3. The van der Waals surface area contributed by atoms with Crippen LogP contribution >= 0.6 is 0 Å². The molecule has 0 saturated carbocycles. The molecule has 1 heterocycles. The Morgan fingerprint density at radius 3 is 2.79 bits per heavy atom. The fourth-order valence-corrected chi connectivity index (χ4v) is 1.94. The highest BCUT2D eigenvalue weighted by molar-refractivity contribution is 5.77. The minimum absolute atomic E-state index is 0.0318. The smallest absolute Gasteiger partial charge is 0.409 e. The highest BCUT2D eigenvalue weighted by atomic mass is 16.6. The minimum Gasteiger partial charge on any atom is -0.448 e. The third-order valence-electron chi connectivity index (χ3n) is 3.03. The zero-order valence-corrected chi connectivity index (χ0v) is 10.8. The highest BCUT2D eigenvalue weighted by Crippen LogP contribution is 2.03. The SMILES string of the molecule is O=C(CCN1CCOC1=O)NCCc1ccccc1. The van der Waals surface area contributed by atoms with Crippen molar-refractivity contribution in [1.82, 2.24) is 10.2 Å². The van der Waals surface area contributed by atoms with E-state index in [1.807, 2.05) is 30.3 Å². The average Bonchev–Trinajstić information content (AvgIpc) is 2.83. The van der Waals surface area contributed by atoms with Crippen LogP contribution in [-0.2, 0) is 16.0 Å². The summed E-state index contributed by atoms with van der Waals surface area (Å²) in [5, 5.41) is 2.85. The van der Waals surface area contributed by atoms with E-state index in [1.165, 1.54) is 5.56 Å². The summed E-state index contributed by atoms with van der Waals surface area (Å²) in [7, 11) is 0. The van der Waals surface area contributed by atoms with Crippen LogP contribution in [0.4, 0.5) is 4.79 Å². The number of amides is 2. The van der Waals surface area contributed by atoms with Crippen molar-refractivity contribution in [2.45, 2.75) is 12.8 Å². The molecule has 1 aromatic rings. The van der Waals surface area contributed by atoms with Gasteiger partial charge in [0.25, 0.3) is 0 Å². The second kappa shape index (κ2) is 6.78. The quantitative estimate of drug-likeness (QED) is 0.837. The van der Waals surface area contributed by atoms with Crippen LogP contribution in [0.2, 0.25) is 0 Å². The molecule has 1 N–H and O–H groups in total. The number of hydrogen-bond donors (Lipinski definition) is 1. The molecular formula is C14H18N2O3. The monoisotopic (exact) mass is 262 g/mol. The van der Waals surface area contributed by atoms with E-state index in [-0.39, 0.29) is 12.0 Å². The predicted octanol–water partition coefficient (Wildman–Crippen LogP) is 1.19. The molecule has 2 amide bonds. The number of rotatable bonds is 6. The van der Waals surface area contributed by atoms with Gasteiger partial charge in [-0.25, -0.2) is 4.79 Å². The van der Waals surface area contributed by atoms with E-state index in [2.05, 4.69) is 5.32 Å². The second-order valence-corrected chi connectivity index (χ2v) is 4.44. The largest absolute Gasteiger partial charge is 0.448 e. The molecule has 0 spiro atoms. The summed E-state index contributed by atoms with van der Waals surface area (Å²) >= 11 is 0. The zero-order valence-electron chi connectivity index (χ0n) is 10.8. The number of nitrogens with zero attached hydrogens (tertiary/aromatic N) is 1. The van der Waals surface area contributed by atoms with Gasteiger partial charge < -0.3 is 15.0 Å². The molecule has 2 rings (SSSR count). The predicted molar refractivity (Wildman–Crippen MR) is 70.7 cm³/mol. The van der Waals surface area contributed by atoms with Gasteiger partial charge in [-0.15, -0.1) is 0 Å². The normalized spacial score (nSPS) is 14.3. The first-order chi connectivity index (χ1) is 9.25. The molecule has 0 aliphatic carbocycles. The number of carbonyl (C=O) groups excluding carboxylic acids is 2. The lowest BCUT2D eigenvalue weighted by atomic mass is 10.1. The van der Waals surface area contributed by atoms with Crippen molar-refractivity contribution in [3.8, 4) is 0 Å². The second-order valence-electron chi connectivity index (χ2n) is 4.44. The van der Waals surface area contributed by atoms with Gasteiger partial charge in [0.15, 0.2) is 0 Å². The van der Waals surface area contributed by atoms with E-state index in [0.29, 0.717) is 32.7 Å². The molecular weight excluding hydrogens is 244 g/mol. The van der Waals surface area contributed by atoms with E-state index in [0.717, 1.165) is 6.42 Å². The maximum atomic E-state index is 11.6. The van der Waals surface area contributed by atoms with Crippen LogP contribution in [0.1, 0.15) is 12.0 Å². The van der Waals surface area contributed by atoms with Crippen molar-refractivity contribution in [3.63, 3.8) is 0 Å². The molecule has 0 radical (unpaired) electrons. The molecule has 19 heavy (non-hydrogen) atoms. The van der Waals surface area contributed by atoms with E-state index in [1.54, 1.807) is 4.90 Å². The minimum atomic E-state index is -0.322. The van der Waals surface area contributed by atoms with Crippen molar-refractivity contribution >= 4 is 12.0 Å². The molecule has 0 bridgehead atoms. The Morgan fingerprint density at radius 2 is 2.11 bits per heavy atom. The third-order valence-corrected chi connectivity index (χ3v) is 3.03. The van der Waals surface area contributed by atoms with Crippen LogP contribution in [0.3, 0.4) is 0 Å². The summed E-state index contributed by atoms with van der Waals surface area (Å²) in [5.74, 6) is -0.0318. The molecule has 1 saturated heterocycles. The van der Waals surface area contributed by atoms with E-state index in [9.17, 15) is 9.59 Å². The van der Waals surface area contributed by atoms with Crippen molar-refractivity contribution in [3.05, 3.63) is 35.9 Å². The lowest BCUT2D eigenvalue weighted by Gasteiger charge is -2.12. The molecule has 1 fully saturated rings. The maximum Gasteiger partial charge on any atom is 0.409 e. The Labute approximate surface area is 112 Å². The fraction of sp³-hybridized carbons (Fsp3) is 0.429. The fourth-order valence-electron chi connectivity index (χ4n) is 1.94. The van der Waals surface area contributed by atoms with Crippen molar-refractivity contribution in [2.75, 3.05) is 26.2 Å². The average molecular weight is 262 g/mol. The number of nitrogens with one attached hydrogen (secondary N) is 1. The first-order valence-corrected chi connectivity index (χ1v) is 6.48. The molecule has 0 aromatic heterocycles. The van der Waals surface area contributed by atoms with E-state index in [4.69, 9.17) is 4.74 Å². The Bertz CT molecular complexity index is 434. The Hall–Kier alpha value is -2.04. The van der Waals surface area contributed by atoms with Gasteiger partial charge in [0, 0.05) is 19.5 Å². The lowest BCUT2D eigenvalue weighted by Crippen LogP contribution is -2.32. The molecule has 5 heteroatoms. The van der Waals surface area contributed by atoms with Gasteiger partial charge in [-0.1, -0.05) is 30.3 Å². The van der Waals surface area contributed by atoms with Crippen LogP contribution in [0.15, 0.2) is 30.3 Å². The molecule has 0 atom stereocenters. The van der Waals surface area contributed by atoms with Gasteiger partial charge in [-0.2, -0.15) is 0 Å². The van der Waals surface area contributed by atoms with Crippen LogP contribution < -0.4 is 5.32 Å². The van der Waals surface area contributed by atoms with E-state index >= 15 is 0 Å². The first kappa shape index (κ1) is 13.4. The summed E-state index contributed by atoms with van der Waals surface area (Å²) < 4.78 is 4.79. The van der Waals surface area contributed by atoms with Gasteiger partial charge in [0.05, 0.1) is 6.54 Å². The standard InChI is InChI=1S/C14H18N2O3/c17-13(7-9-16-10-11-19-14(16)18)15-8-6-12-4-2-1-3-5-12/h1-5H,6-11H2,(H,15,17). The summed E-state index contributed by atoms with van der Waals surface area (Å²) in [5.41, 5.74) is 1.20. The molecule has 5 nitrogen and oxygen atoms in total. The molecule has 102 valence electrons. The Balaban J connectivity index is 1.61. The van der Waals surface area contributed by atoms with Crippen LogP contribution in [0.5, 0.6) is 0 Å². The highest BCUT2D eigenvalue weighted by Gasteiger charge is 2.21. The van der Waals surface area contributed by atoms with Gasteiger partial charge in [-0.3, -0.25) is 4.79 Å². The molecule has 0 unspecified atom stereocenters. The van der Waals surface area contributed by atoms with Crippen LogP contribution in [-0.4, -0.2) is 43.1 Å². The number of carbonyl (C=O) groups is 2. The zero-order chi connectivity index (χ0) is 13.5. The van der Waals surface area contributed by atoms with Crippen molar-refractivity contribution < 1.29 is 14.3 Å². The van der Waals surface area contributed by atoms with Gasteiger partial charge in [0.2, 0.25) is 5.91 Å². The maximum absolute atomic E-state index is 11.6. The molecule has 1 aliphatic heterocycles. The number of cyclic esters (lactones) is 1. The third kappa shape index (κ3) is 4.28. The Morgan fingerprint density at radius 1 is 1.32 bits per heavy atom. The van der Waals surface area contributed by atoms with Crippen molar-refractivity contribution in [2.24, 2.45) is 0 Å². The summed E-state index contributed by atoms with van der Waals surface area (Å²) in [6.07, 6.45) is 0.819. The van der Waals surface area contributed by atoms with Gasteiger partial charge in [0.1, 0.15) is 6.61 Å². The number of hydrogen-bond acceptors (Lipinski definition) is 3. The first-order valence-electron chi connectivity index (χ1n) is 6.48. The van der Waals surface area contributed by atoms with Gasteiger partial charge >= 0.3 is 6.09 Å². The van der Waals surface area contributed by atoms with Gasteiger partial charge in [-0.05, 0) is 12.0 Å². The van der Waals surface area contributed by atoms with Crippen LogP contribution in [0, 0.1) is 0 Å². The summed E-state index contributed by atoms with van der Waals surface area (Å²) in [6, 6.07) is 10.0. The topological polar surface area (TPSA) is 58.6 Å². The number of benzene rings is 1. The van der Waals surface area contributed by atoms with E-state index < -0.39 is 0 Å². The summed E-state index contributed by atoms with van der Waals surface area (Å²) in [6.45, 7) is 2.05. The Kier molecular flexibility index (Phi) is 4.78. The number of ether oxygens (including phenoxy) is 1. The van der Waals surface area contributed by atoms with Crippen LogP contribution in [0.25, 0.3) is 0 Å². The molecule has 1 aliphatic rings. The lowest BCUT2D eigenvalue weighted by molar-refractivity contribution is -0.121.